The Kier molecular flexibility index (Phi) is 2.99. The molecule has 1 N–H and O–H groups in total. The lowest BCUT2D eigenvalue weighted by Gasteiger charge is -2.21. The van der Waals surface area contributed by atoms with E-state index in [2.05, 4.69) is 5.32 Å². The first kappa shape index (κ1) is 9.20. The van der Waals surface area contributed by atoms with E-state index in [0.717, 1.165) is 31.8 Å². The van der Waals surface area contributed by atoms with Crippen molar-refractivity contribution in [3.05, 3.63) is 0 Å². The molecule has 1 heterocycles. The van der Waals surface area contributed by atoms with Crippen LogP contribution >= 0.6 is 0 Å². The summed E-state index contributed by atoms with van der Waals surface area (Å²) >= 11 is 0. The van der Waals surface area contributed by atoms with E-state index in [9.17, 15) is 4.79 Å². The molecular formula is C11H19NO. The van der Waals surface area contributed by atoms with Gasteiger partial charge in [-0.3, -0.25) is 4.79 Å². The predicted octanol–water partition coefficient (Wildman–Crippen LogP) is 1.75. The molecule has 0 atom stereocenters. The Hall–Kier alpha value is -0.370. The molecule has 0 amide bonds. The standard InChI is InChI=1S/C11H19NO/c13-11(7-9-1-2-9)8-10-3-5-12-6-4-10/h9-10,12H,1-8H2. The Balaban J connectivity index is 1.66. The molecule has 13 heavy (non-hydrogen) atoms. The van der Waals surface area contributed by atoms with Crippen LogP contribution in [0.4, 0.5) is 0 Å². The molecule has 2 nitrogen and oxygen atoms in total. The molecule has 0 aromatic rings. The number of rotatable bonds is 4. The highest BCUT2D eigenvalue weighted by atomic mass is 16.1. The fourth-order valence-corrected chi connectivity index (χ4v) is 2.14. The Morgan fingerprint density at radius 2 is 1.54 bits per heavy atom. The van der Waals surface area contributed by atoms with Gasteiger partial charge in [0.05, 0.1) is 0 Å². The van der Waals surface area contributed by atoms with E-state index in [1.807, 2.05) is 0 Å². The fraction of sp³-hybridized carbons (Fsp3) is 0.909. The maximum atomic E-state index is 11.5. The maximum Gasteiger partial charge on any atom is 0.133 e. The molecule has 2 aliphatic rings. The molecule has 0 bridgehead atoms. The third-order valence-electron chi connectivity index (χ3n) is 3.19. The highest BCUT2D eigenvalue weighted by Crippen LogP contribution is 2.33. The Labute approximate surface area is 80.1 Å². The molecule has 0 radical (unpaired) electrons. The number of nitrogens with one attached hydrogen (secondary N) is 1. The smallest absolute Gasteiger partial charge is 0.133 e. The first-order valence-corrected chi connectivity index (χ1v) is 5.57. The number of piperidine rings is 1. The lowest BCUT2D eigenvalue weighted by Crippen LogP contribution is -2.28. The minimum absolute atomic E-state index is 0.523. The van der Waals surface area contributed by atoms with E-state index >= 15 is 0 Å². The summed E-state index contributed by atoms with van der Waals surface area (Å²) in [4.78, 5) is 11.5. The fourth-order valence-electron chi connectivity index (χ4n) is 2.14. The van der Waals surface area contributed by atoms with Crippen LogP contribution in [0.15, 0.2) is 0 Å². The minimum atomic E-state index is 0.523. The molecule has 0 aromatic carbocycles. The van der Waals surface area contributed by atoms with Crippen LogP contribution in [-0.2, 0) is 4.79 Å². The van der Waals surface area contributed by atoms with E-state index in [4.69, 9.17) is 0 Å². The van der Waals surface area contributed by atoms with Gasteiger partial charge in [0.25, 0.3) is 0 Å². The van der Waals surface area contributed by atoms with Crippen molar-refractivity contribution >= 4 is 5.78 Å². The molecule has 1 saturated heterocycles. The van der Waals surface area contributed by atoms with Crippen LogP contribution in [0.1, 0.15) is 38.5 Å². The first-order valence-electron chi connectivity index (χ1n) is 5.57. The summed E-state index contributed by atoms with van der Waals surface area (Å²) in [5.74, 6) is 1.98. The summed E-state index contributed by atoms with van der Waals surface area (Å²) < 4.78 is 0. The van der Waals surface area contributed by atoms with Gasteiger partial charge in [-0.25, -0.2) is 0 Å². The zero-order valence-corrected chi connectivity index (χ0v) is 8.22. The number of hydrogen-bond acceptors (Lipinski definition) is 2. The van der Waals surface area contributed by atoms with Crippen LogP contribution in [0.25, 0.3) is 0 Å². The van der Waals surface area contributed by atoms with Gasteiger partial charge in [-0.05, 0) is 50.6 Å². The molecule has 0 spiro atoms. The summed E-state index contributed by atoms with van der Waals surface area (Å²) in [6.45, 7) is 2.22. The number of carbonyl (C=O) groups excluding carboxylic acids is 1. The second kappa shape index (κ2) is 4.23. The van der Waals surface area contributed by atoms with Crippen molar-refractivity contribution in [3.63, 3.8) is 0 Å². The van der Waals surface area contributed by atoms with Crippen molar-refractivity contribution in [1.29, 1.82) is 0 Å². The van der Waals surface area contributed by atoms with Gasteiger partial charge in [-0.1, -0.05) is 0 Å². The van der Waals surface area contributed by atoms with Gasteiger partial charge in [0.2, 0.25) is 0 Å². The van der Waals surface area contributed by atoms with E-state index in [0.29, 0.717) is 11.7 Å². The minimum Gasteiger partial charge on any atom is -0.317 e. The zero-order chi connectivity index (χ0) is 9.10. The van der Waals surface area contributed by atoms with Crippen LogP contribution in [-0.4, -0.2) is 18.9 Å². The lowest BCUT2D eigenvalue weighted by molar-refractivity contribution is -0.120. The van der Waals surface area contributed by atoms with Crippen molar-refractivity contribution in [2.75, 3.05) is 13.1 Å². The van der Waals surface area contributed by atoms with Crippen molar-refractivity contribution < 1.29 is 4.79 Å². The number of ketones is 1. The lowest BCUT2D eigenvalue weighted by atomic mass is 9.91. The van der Waals surface area contributed by atoms with Crippen molar-refractivity contribution in [1.82, 2.24) is 5.32 Å². The van der Waals surface area contributed by atoms with E-state index in [1.54, 1.807) is 0 Å². The third-order valence-corrected chi connectivity index (χ3v) is 3.19. The molecule has 2 heteroatoms. The average Bonchev–Trinajstić information content (AvgIpc) is 2.90. The van der Waals surface area contributed by atoms with E-state index in [-0.39, 0.29) is 0 Å². The number of Topliss-reactive ketones (excluding diaryl/α,β-unsaturated/α-hetero) is 1. The van der Waals surface area contributed by atoms with Crippen molar-refractivity contribution in [3.8, 4) is 0 Å². The summed E-state index contributed by atoms with van der Waals surface area (Å²) in [7, 11) is 0. The number of hydrogen-bond donors (Lipinski definition) is 1. The summed E-state index contributed by atoms with van der Waals surface area (Å²) in [5, 5.41) is 3.33. The van der Waals surface area contributed by atoms with E-state index < -0.39 is 0 Å². The molecule has 0 aromatic heterocycles. The van der Waals surface area contributed by atoms with Gasteiger partial charge >= 0.3 is 0 Å². The summed E-state index contributed by atoms with van der Waals surface area (Å²) in [6, 6.07) is 0. The van der Waals surface area contributed by atoms with Crippen molar-refractivity contribution in [2.45, 2.75) is 38.5 Å². The van der Waals surface area contributed by atoms with Crippen LogP contribution < -0.4 is 5.32 Å². The van der Waals surface area contributed by atoms with Gasteiger partial charge < -0.3 is 5.32 Å². The normalized spacial score (nSPS) is 24.6. The maximum absolute atomic E-state index is 11.5. The highest BCUT2D eigenvalue weighted by Gasteiger charge is 2.25. The molecular weight excluding hydrogens is 162 g/mol. The second-order valence-corrected chi connectivity index (χ2v) is 4.58. The quantitative estimate of drug-likeness (QED) is 0.716. The molecule has 2 fully saturated rings. The van der Waals surface area contributed by atoms with Crippen LogP contribution in [0.3, 0.4) is 0 Å². The van der Waals surface area contributed by atoms with Gasteiger partial charge in [0.15, 0.2) is 0 Å². The average molecular weight is 181 g/mol. The molecule has 2 rings (SSSR count). The summed E-state index contributed by atoms with van der Waals surface area (Å²) in [6.07, 6.45) is 6.75. The van der Waals surface area contributed by atoms with Gasteiger partial charge in [0, 0.05) is 12.8 Å². The molecule has 1 aliphatic carbocycles. The molecule has 0 unspecified atom stereocenters. The van der Waals surface area contributed by atoms with Crippen LogP contribution in [0.2, 0.25) is 0 Å². The Morgan fingerprint density at radius 3 is 2.08 bits per heavy atom. The highest BCUT2D eigenvalue weighted by molar-refractivity contribution is 5.79. The van der Waals surface area contributed by atoms with Gasteiger partial charge in [-0.15, -0.1) is 0 Å². The zero-order valence-electron chi connectivity index (χ0n) is 8.22. The van der Waals surface area contributed by atoms with Crippen LogP contribution in [0.5, 0.6) is 0 Å². The van der Waals surface area contributed by atoms with Gasteiger partial charge in [-0.2, -0.15) is 0 Å². The molecule has 74 valence electrons. The Morgan fingerprint density at radius 1 is 1.00 bits per heavy atom. The summed E-state index contributed by atoms with van der Waals surface area (Å²) in [5.41, 5.74) is 0. The number of carbonyl (C=O) groups is 1. The monoisotopic (exact) mass is 181 g/mol. The van der Waals surface area contributed by atoms with E-state index in [1.165, 1.54) is 25.7 Å². The molecule has 1 aliphatic heterocycles. The first-order chi connectivity index (χ1) is 6.34. The SMILES string of the molecule is O=C(CC1CCNCC1)CC1CC1. The predicted molar refractivity (Wildman–Crippen MR) is 52.6 cm³/mol. The Bertz CT molecular complexity index is 181. The van der Waals surface area contributed by atoms with Gasteiger partial charge in [0.1, 0.15) is 5.78 Å². The van der Waals surface area contributed by atoms with Crippen LogP contribution in [0, 0.1) is 11.8 Å². The third kappa shape index (κ3) is 3.11. The molecule has 1 saturated carbocycles. The van der Waals surface area contributed by atoms with Crippen molar-refractivity contribution in [2.24, 2.45) is 11.8 Å². The largest absolute Gasteiger partial charge is 0.317 e. The topological polar surface area (TPSA) is 29.1 Å². The second-order valence-electron chi connectivity index (χ2n) is 4.58.